The molecule has 3 rings (SSSR count). The Kier molecular flexibility index (Phi) is 9.08. The average Bonchev–Trinajstić information content (AvgIpc) is 3.28. The van der Waals surface area contributed by atoms with Gasteiger partial charge in [0.1, 0.15) is 0 Å². The monoisotopic (exact) mass is 546 g/mol. The summed E-state index contributed by atoms with van der Waals surface area (Å²) in [5.41, 5.74) is 1.64. The number of hydrogen-bond acceptors (Lipinski definition) is 10. The summed E-state index contributed by atoms with van der Waals surface area (Å²) in [6, 6.07) is 4.68. The second-order valence-electron chi connectivity index (χ2n) is 8.84. The van der Waals surface area contributed by atoms with Crippen molar-refractivity contribution in [2.75, 3.05) is 30.3 Å². The number of fused-ring (bicyclic) bond motifs is 1. The maximum atomic E-state index is 12.6. The van der Waals surface area contributed by atoms with Crippen molar-refractivity contribution < 1.29 is 44.8 Å². The van der Waals surface area contributed by atoms with Crippen LogP contribution in [0.4, 0.5) is 5.69 Å². The molecular weight excluding hydrogens is 516 g/mol. The molecule has 0 spiro atoms. The minimum absolute atomic E-state index is 0.0206. The third kappa shape index (κ3) is 7.48. The molecule has 0 saturated carbocycles. The van der Waals surface area contributed by atoms with Crippen LogP contribution in [0, 0.1) is 0 Å². The molecule has 1 atom stereocenters. The Morgan fingerprint density at radius 3 is 2.42 bits per heavy atom. The van der Waals surface area contributed by atoms with Crippen molar-refractivity contribution in [3.05, 3.63) is 23.8 Å². The van der Waals surface area contributed by atoms with Gasteiger partial charge < -0.3 is 9.74 Å². The highest BCUT2D eigenvalue weighted by molar-refractivity contribution is 7.86. The predicted molar refractivity (Wildman–Crippen MR) is 127 cm³/mol. The van der Waals surface area contributed by atoms with E-state index in [0.717, 1.165) is 11.3 Å². The molecule has 1 aromatic carbocycles. The molecule has 12 nitrogen and oxygen atoms in total. The molecule has 2 heterocycles. The number of amides is 2. The molecule has 2 aliphatic heterocycles. The Hall–Kier alpha value is -2.55. The zero-order chi connectivity index (χ0) is 26.5. The zero-order valence-corrected chi connectivity index (χ0v) is 21.6. The number of rotatable bonds is 13. The number of imide groups is 1. The van der Waals surface area contributed by atoms with Gasteiger partial charge in [0.05, 0.1) is 17.3 Å². The van der Waals surface area contributed by atoms with Gasteiger partial charge in [0, 0.05) is 44.0 Å². The molecule has 2 aliphatic rings. The van der Waals surface area contributed by atoms with E-state index in [0.29, 0.717) is 37.4 Å². The molecule has 0 radical (unpaired) electrons. The van der Waals surface area contributed by atoms with Crippen molar-refractivity contribution in [2.45, 2.75) is 62.7 Å². The quantitative estimate of drug-likeness (QED) is 0.166. The standard InChI is InChI=1S/C22H30N2O10S2/c1-16-15-23(11-5-13-35(28,29)30)19-8-7-17(14-18(16)19)36(31,32)33-12-4-2-3-6-22(27)34-24-20(25)9-10-21(24)26/h7-8,14,16H,2-6,9-13,15H2,1H3,(H,28,29,30). The highest BCUT2D eigenvalue weighted by Gasteiger charge is 2.32. The van der Waals surface area contributed by atoms with E-state index in [1.165, 1.54) is 6.07 Å². The Balaban J connectivity index is 1.43. The van der Waals surface area contributed by atoms with Gasteiger partial charge in [-0.1, -0.05) is 13.3 Å². The number of hydrogen-bond donors (Lipinski definition) is 1. The van der Waals surface area contributed by atoms with Crippen LogP contribution in [0.25, 0.3) is 0 Å². The van der Waals surface area contributed by atoms with Crippen molar-refractivity contribution in [3.8, 4) is 0 Å². The fourth-order valence-corrected chi connectivity index (χ4v) is 5.61. The lowest BCUT2D eigenvalue weighted by molar-refractivity contribution is -0.197. The van der Waals surface area contributed by atoms with Gasteiger partial charge >= 0.3 is 5.97 Å². The molecule has 0 aromatic heterocycles. The molecule has 1 N–H and O–H groups in total. The average molecular weight is 547 g/mol. The van der Waals surface area contributed by atoms with Crippen molar-refractivity contribution in [1.82, 2.24) is 5.06 Å². The van der Waals surface area contributed by atoms with Gasteiger partial charge in [-0.05, 0) is 43.0 Å². The van der Waals surface area contributed by atoms with Crippen LogP contribution >= 0.6 is 0 Å². The van der Waals surface area contributed by atoms with E-state index in [1.807, 2.05) is 11.8 Å². The summed E-state index contributed by atoms with van der Waals surface area (Å²) in [6.07, 6.45) is 1.51. The number of nitrogens with zero attached hydrogens (tertiary/aromatic N) is 2. The molecule has 1 saturated heterocycles. The van der Waals surface area contributed by atoms with Crippen LogP contribution in [0.2, 0.25) is 0 Å². The fourth-order valence-electron chi connectivity index (χ4n) is 4.14. The van der Waals surface area contributed by atoms with Crippen LogP contribution in [-0.2, 0) is 43.6 Å². The Bertz CT molecular complexity index is 1200. The lowest BCUT2D eigenvalue weighted by atomic mass is 10.0. The molecule has 2 amide bonds. The second kappa shape index (κ2) is 11.7. The molecular formula is C22H30N2O10S2. The first-order valence-electron chi connectivity index (χ1n) is 11.7. The van der Waals surface area contributed by atoms with E-state index in [-0.39, 0.29) is 48.9 Å². The molecule has 1 aromatic rings. The number of carbonyl (C=O) groups is 3. The Morgan fingerprint density at radius 2 is 1.75 bits per heavy atom. The fraction of sp³-hybridized carbons (Fsp3) is 0.591. The third-order valence-electron chi connectivity index (χ3n) is 5.95. The van der Waals surface area contributed by atoms with Crippen LogP contribution in [0.3, 0.4) is 0 Å². The Labute approximate surface area is 210 Å². The number of hydroxylamine groups is 2. The smallest absolute Gasteiger partial charge is 0.333 e. The first kappa shape index (κ1) is 28.0. The number of unbranched alkanes of at least 4 members (excludes halogenated alkanes) is 2. The van der Waals surface area contributed by atoms with Gasteiger partial charge in [-0.15, -0.1) is 5.06 Å². The van der Waals surface area contributed by atoms with E-state index in [4.69, 9.17) is 13.6 Å². The lowest BCUT2D eigenvalue weighted by Gasteiger charge is -2.19. The van der Waals surface area contributed by atoms with Gasteiger partial charge in [-0.25, -0.2) is 4.79 Å². The van der Waals surface area contributed by atoms with Crippen LogP contribution in [0.5, 0.6) is 0 Å². The Morgan fingerprint density at radius 1 is 1.06 bits per heavy atom. The van der Waals surface area contributed by atoms with E-state index in [1.54, 1.807) is 12.1 Å². The van der Waals surface area contributed by atoms with Crippen molar-refractivity contribution in [2.24, 2.45) is 0 Å². The molecule has 1 unspecified atom stereocenters. The predicted octanol–water partition coefficient (Wildman–Crippen LogP) is 1.76. The maximum Gasteiger partial charge on any atom is 0.333 e. The van der Waals surface area contributed by atoms with Gasteiger partial charge in [-0.2, -0.15) is 16.8 Å². The van der Waals surface area contributed by atoms with Gasteiger partial charge in [0.25, 0.3) is 32.1 Å². The summed E-state index contributed by atoms with van der Waals surface area (Å²) in [5.74, 6) is -2.10. The zero-order valence-electron chi connectivity index (χ0n) is 19.9. The normalized spacial score (nSPS) is 18.1. The molecule has 36 heavy (non-hydrogen) atoms. The largest absolute Gasteiger partial charge is 0.371 e. The molecule has 14 heteroatoms. The number of carbonyl (C=O) groups excluding carboxylic acids is 3. The van der Waals surface area contributed by atoms with Crippen molar-refractivity contribution in [1.29, 1.82) is 0 Å². The number of anilines is 1. The summed E-state index contributed by atoms with van der Waals surface area (Å²) >= 11 is 0. The van der Waals surface area contributed by atoms with E-state index < -0.39 is 38.0 Å². The minimum atomic E-state index is -4.03. The van der Waals surface area contributed by atoms with Crippen LogP contribution in [0.1, 0.15) is 63.4 Å². The molecule has 0 aliphatic carbocycles. The van der Waals surface area contributed by atoms with E-state index in [9.17, 15) is 31.2 Å². The van der Waals surface area contributed by atoms with E-state index in [2.05, 4.69) is 0 Å². The first-order chi connectivity index (χ1) is 16.9. The van der Waals surface area contributed by atoms with Gasteiger partial charge in [-0.3, -0.25) is 18.3 Å². The highest BCUT2D eigenvalue weighted by atomic mass is 32.2. The third-order valence-corrected chi connectivity index (χ3v) is 8.06. The van der Waals surface area contributed by atoms with Crippen LogP contribution < -0.4 is 4.90 Å². The summed E-state index contributed by atoms with van der Waals surface area (Å²) in [4.78, 5) is 41.4. The van der Waals surface area contributed by atoms with Crippen molar-refractivity contribution >= 4 is 43.7 Å². The van der Waals surface area contributed by atoms with Crippen LogP contribution in [-0.4, -0.2) is 69.7 Å². The SMILES string of the molecule is CC1CN(CCCS(=O)(=O)O)c2ccc(S(=O)(=O)OCCCCCC(=O)ON3C(=O)CCC3=O)cc21. The number of benzene rings is 1. The minimum Gasteiger partial charge on any atom is -0.371 e. The summed E-state index contributed by atoms with van der Waals surface area (Å²) in [7, 11) is -8.03. The lowest BCUT2D eigenvalue weighted by Crippen LogP contribution is -2.31. The summed E-state index contributed by atoms with van der Waals surface area (Å²) < 4.78 is 61.2. The summed E-state index contributed by atoms with van der Waals surface area (Å²) in [6.45, 7) is 2.89. The van der Waals surface area contributed by atoms with Crippen molar-refractivity contribution in [3.63, 3.8) is 0 Å². The maximum absolute atomic E-state index is 12.6. The summed E-state index contributed by atoms with van der Waals surface area (Å²) in [5, 5.41) is 0.494. The molecule has 1 fully saturated rings. The first-order valence-corrected chi connectivity index (χ1v) is 14.7. The molecule has 0 bridgehead atoms. The molecule has 200 valence electrons. The van der Waals surface area contributed by atoms with Gasteiger partial charge in [0.2, 0.25) is 0 Å². The van der Waals surface area contributed by atoms with E-state index >= 15 is 0 Å². The topological polar surface area (TPSA) is 165 Å². The van der Waals surface area contributed by atoms with Gasteiger partial charge in [0.15, 0.2) is 0 Å². The van der Waals surface area contributed by atoms with Crippen LogP contribution in [0.15, 0.2) is 23.1 Å². The highest BCUT2D eigenvalue weighted by Crippen LogP contribution is 2.37. The second-order valence-corrected chi connectivity index (χ2v) is 12.0.